The summed E-state index contributed by atoms with van der Waals surface area (Å²) >= 11 is 0. The Kier molecular flexibility index (Phi) is 3.25. The average molecular weight is 267 g/mol. The van der Waals surface area contributed by atoms with Crippen LogP contribution in [0.2, 0.25) is 0 Å². The Bertz CT molecular complexity index is 666. The van der Waals surface area contributed by atoms with E-state index in [-0.39, 0.29) is 6.04 Å². The van der Waals surface area contributed by atoms with Crippen LogP contribution in [-0.4, -0.2) is 29.1 Å². The van der Waals surface area contributed by atoms with E-state index in [9.17, 15) is 5.26 Å². The fraction of sp³-hybridized carbons (Fsp3) is 0.400. The van der Waals surface area contributed by atoms with Gasteiger partial charge in [-0.3, -0.25) is 0 Å². The van der Waals surface area contributed by atoms with Gasteiger partial charge in [0, 0.05) is 36.4 Å². The summed E-state index contributed by atoms with van der Waals surface area (Å²) in [5.41, 5.74) is 8.50. The third-order valence-electron chi connectivity index (χ3n) is 3.80. The number of hydrogen-bond donors (Lipinski definition) is 1. The molecule has 20 heavy (non-hydrogen) atoms. The number of nitriles is 1. The molecule has 3 rings (SSSR count). The maximum Gasteiger partial charge on any atom is 0.116 e. The summed E-state index contributed by atoms with van der Waals surface area (Å²) in [7, 11) is 0. The van der Waals surface area contributed by atoms with Crippen molar-refractivity contribution in [1.29, 1.82) is 5.26 Å². The first-order valence-electron chi connectivity index (χ1n) is 6.82. The summed E-state index contributed by atoms with van der Waals surface area (Å²) in [6.45, 7) is 4.03. The van der Waals surface area contributed by atoms with Crippen LogP contribution in [-0.2, 0) is 0 Å². The molecule has 1 saturated heterocycles. The van der Waals surface area contributed by atoms with E-state index in [1.165, 1.54) is 6.33 Å². The maximum atomic E-state index is 9.18. The molecule has 0 saturated carbocycles. The lowest BCUT2D eigenvalue weighted by Gasteiger charge is -2.36. The second-order valence-electron chi connectivity index (χ2n) is 5.54. The van der Waals surface area contributed by atoms with E-state index in [0.717, 1.165) is 30.6 Å². The van der Waals surface area contributed by atoms with Crippen LogP contribution >= 0.6 is 0 Å². The van der Waals surface area contributed by atoms with Gasteiger partial charge >= 0.3 is 0 Å². The van der Waals surface area contributed by atoms with E-state index in [2.05, 4.69) is 27.9 Å². The highest BCUT2D eigenvalue weighted by Crippen LogP contribution is 2.30. The predicted octanol–water partition coefficient (Wildman–Crippen LogP) is 1.67. The molecule has 5 nitrogen and oxygen atoms in total. The van der Waals surface area contributed by atoms with Crippen molar-refractivity contribution in [2.75, 3.05) is 18.0 Å². The minimum Gasteiger partial charge on any atom is -0.369 e. The summed E-state index contributed by atoms with van der Waals surface area (Å²) in [5.74, 6) is 0.564. The summed E-state index contributed by atoms with van der Waals surface area (Å²) in [6.07, 6.45) is 4.32. The largest absolute Gasteiger partial charge is 0.369 e. The molecule has 5 heteroatoms. The minimum absolute atomic E-state index is 0.189. The number of rotatable bonds is 1. The summed E-state index contributed by atoms with van der Waals surface area (Å²) in [4.78, 5) is 10.6. The first-order valence-corrected chi connectivity index (χ1v) is 6.82. The standard InChI is InChI=1S/C15H17N5/c1-10-4-12(17)8-20(7-10)14-3-2-11(5-16)15-13(14)6-18-9-19-15/h2-3,6,9-10,12H,4,7-8,17H2,1H3/t10-,12-/m1/s1. The second kappa shape index (κ2) is 5.06. The van der Waals surface area contributed by atoms with Gasteiger partial charge in [0.15, 0.2) is 0 Å². The molecule has 2 aromatic rings. The average Bonchev–Trinajstić information content (AvgIpc) is 2.45. The molecule has 1 fully saturated rings. The van der Waals surface area contributed by atoms with Gasteiger partial charge in [0.1, 0.15) is 12.4 Å². The lowest BCUT2D eigenvalue weighted by Crippen LogP contribution is -2.46. The van der Waals surface area contributed by atoms with Crippen molar-refractivity contribution in [3.05, 3.63) is 30.2 Å². The van der Waals surface area contributed by atoms with Gasteiger partial charge in [-0.2, -0.15) is 5.26 Å². The Labute approximate surface area is 118 Å². The molecule has 0 bridgehead atoms. The smallest absolute Gasteiger partial charge is 0.116 e. The Morgan fingerprint density at radius 3 is 3.00 bits per heavy atom. The van der Waals surface area contributed by atoms with Crippen LogP contribution in [0.3, 0.4) is 0 Å². The van der Waals surface area contributed by atoms with E-state index in [1.807, 2.05) is 12.1 Å². The van der Waals surface area contributed by atoms with Crippen LogP contribution in [0, 0.1) is 17.2 Å². The molecule has 102 valence electrons. The number of anilines is 1. The van der Waals surface area contributed by atoms with E-state index in [1.54, 1.807) is 6.20 Å². The van der Waals surface area contributed by atoms with Gasteiger partial charge in [0.05, 0.1) is 11.1 Å². The predicted molar refractivity (Wildman–Crippen MR) is 78.2 cm³/mol. The lowest BCUT2D eigenvalue weighted by molar-refractivity contribution is 0.402. The Balaban J connectivity index is 2.11. The zero-order valence-corrected chi connectivity index (χ0v) is 11.5. The summed E-state index contributed by atoms with van der Waals surface area (Å²) in [5, 5.41) is 10.1. The highest BCUT2D eigenvalue weighted by Gasteiger charge is 2.24. The first kappa shape index (κ1) is 12.8. The second-order valence-corrected chi connectivity index (χ2v) is 5.54. The molecule has 1 aliphatic heterocycles. The van der Waals surface area contributed by atoms with Crippen molar-refractivity contribution in [3.8, 4) is 6.07 Å². The molecule has 2 N–H and O–H groups in total. The van der Waals surface area contributed by atoms with Gasteiger partial charge in [0.2, 0.25) is 0 Å². The van der Waals surface area contributed by atoms with Crippen LogP contribution in [0.1, 0.15) is 18.9 Å². The number of nitrogens with zero attached hydrogens (tertiary/aromatic N) is 4. The molecule has 1 aromatic heterocycles. The van der Waals surface area contributed by atoms with Crippen molar-refractivity contribution in [1.82, 2.24) is 9.97 Å². The lowest BCUT2D eigenvalue weighted by atomic mass is 9.95. The van der Waals surface area contributed by atoms with Gasteiger partial charge in [0.25, 0.3) is 0 Å². The first-order chi connectivity index (χ1) is 9.69. The van der Waals surface area contributed by atoms with Crippen LogP contribution in [0.5, 0.6) is 0 Å². The number of aromatic nitrogens is 2. The Morgan fingerprint density at radius 2 is 2.25 bits per heavy atom. The summed E-state index contributed by atoms with van der Waals surface area (Å²) in [6, 6.07) is 6.18. The molecule has 0 aliphatic carbocycles. The molecule has 0 unspecified atom stereocenters. The van der Waals surface area contributed by atoms with Crippen LogP contribution < -0.4 is 10.6 Å². The molecule has 2 heterocycles. The van der Waals surface area contributed by atoms with Gasteiger partial charge in [-0.15, -0.1) is 0 Å². The molecule has 0 radical (unpaired) electrons. The Hall–Kier alpha value is -2.19. The third kappa shape index (κ3) is 2.19. The van der Waals surface area contributed by atoms with Crippen molar-refractivity contribution in [3.63, 3.8) is 0 Å². The molecular weight excluding hydrogens is 250 g/mol. The van der Waals surface area contributed by atoms with E-state index in [4.69, 9.17) is 5.73 Å². The van der Waals surface area contributed by atoms with Crippen molar-refractivity contribution < 1.29 is 0 Å². The number of benzene rings is 1. The van der Waals surface area contributed by atoms with Crippen LogP contribution in [0.4, 0.5) is 5.69 Å². The summed E-state index contributed by atoms with van der Waals surface area (Å²) < 4.78 is 0. The fourth-order valence-electron chi connectivity index (χ4n) is 3.03. The number of hydrogen-bond acceptors (Lipinski definition) is 5. The monoisotopic (exact) mass is 267 g/mol. The molecule has 1 aromatic carbocycles. The van der Waals surface area contributed by atoms with E-state index in [0.29, 0.717) is 17.0 Å². The van der Waals surface area contributed by atoms with Gasteiger partial charge < -0.3 is 10.6 Å². The third-order valence-corrected chi connectivity index (χ3v) is 3.80. The number of nitrogens with two attached hydrogens (primary N) is 1. The highest BCUT2D eigenvalue weighted by atomic mass is 15.2. The molecule has 0 amide bonds. The maximum absolute atomic E-state index is 9.18. The van der Waals surface area contributed by atoms with Gasteiger partial charge in [-0.25, -0.2) is 9.97 Å². The van der Waals surface area contributed by atoms with Crippen molar-refractivity contribution in [2.24, 2.45) is 11.7 Å². The number of piperidine rings is 1. The zero-order valence-electron chi connectivity index (χ0n) is 11.5. The zero-order chi connectivity index (χ0) is 14.1. The van der Waals surface area contributed by atoms with Gasteiger partial charge in [-0.05, 0) is 24.5 Å². The highest BCUT2D eigenvalue weighted by molar-refractivity contribution is 5.94. The van der Waals surface area contributed by atoms with Gasteiger partial charge in [-0.1, -0.05) is 6.92 Å². The van der Waals surface area contributed by atoms with Crippen molar-refractivity contribution >= 4 is 16.6 Å². The fourth-order valence-corrected chi connectivity index (χ4v) is 3.03. The minimum atomic E-state index is 0.189. The quantitative estimate of drug-likeness (QED) is 0.850. The van der Waals surface area contributed by atoms with E-state index < -0.39 is 0 Å². The molecular formula is C15H17N5. The molecule has 0 spiro atoms. The van der Waals surface area contributed by atoms with E-state index >= 15 is 0 Å². The van der Waals surface area contributed by atoms with Crippen molar-refractivity contribution in [2.45, 2.75) is 19.4 Å². The normalized spacial score (nSPS) is 22.8. The molecule has 2 atom stereocenters. The van der Waals surface area contributed by atoms with Crippen LogP contribution in [0.25, 0.3) is 10.9 Å². The van der Waals surface area contributed by atoms with Crippen LogP contribution in [0.15, 0.2) is 24.7 Å². The Morgan fingerprint density at radius 1 is 1.40 bits per heavy atom. The molecule has 1 aliphatic rings. The number of fused-ring (bicyclic) bond motifs is 1. The SMILES string of the molecule is C[C@@H]1C[C@@H](N)CN(c2ccc(C#N)c3ncncc23)C1. The topological polar surface area (TPSA) is 78.8 Å².